The third-order valence-electron chi connectivity index (χ3n) is 1.04. The summed E-state index contributed by atoms with van der Waals surface area (Å²) in [7, 11) is 0. The van der Waals surface area contributed by atoms with E-state index in [0.29, 0.717) is 0 Å². The zero-order valence-electron chi connectivity index (χ0n) is 4.97. The molecule has 52 valence electrons. The second kappa shape index (κ2) is 2.66. The van der Waals surface area contributed by atoms with Gasteiger partial charge in [-0.05, 0) is 17.7 Å². The maximum Gasteiger partial charge on any atom is 0.343 e. The predicted octanol–water partition coefficient (Wildman–Crippen LogP) is 0.852. The van der Waals surface area contributed by atoms with Gasteiger partial charge in [-0.2, -0.15) is 0 Å². The van der Waals surface area contributed by atoms with Crippen LogP contribution in [0.5, 0.6) is 0 Å². The van der Waals surface area contributed by atoms with Gasteiger partial charge in [0.25, 0.3) is 5.15 Å². The number of carboxylic acids is 1. The van der Waals surface area contributed by atoms with Crippen LogP contribution in [0.25, 0.3) is 0 Å². The molecule has 0 aliphatic heterocycles. The van der Waals surface area contributed by atoms with E-state index in [4.69, 9.17) is 16.7 Å². The lowest BCUT2D eigenvalue weighted by Crippen LogP contribution is -2.08. The van der Waals surface area contributed by atoms with Gasteiger partial charge in [0.2, 0.25) is 0 Å². The molecular weight excluding hydrogens is 154 g/mol. The maximum absolute atomic E-state index is 10.3. The summed E-state index contributed by atoms with van der Waals surface area (Å²) in [5.74, 6) is -1.03. The first-order chi connectivity index (χ1) is 4.72. The van der Waals surface area contributed by atoms with Crippen LogP contribution in [-0.4, -0.2) is 11.1 Å². The van der Waals surface area contributed by atoms with E-state index >= 15 is 0 Å². The molecule has 1 aromatic heterocycles. The molecule has 0 atom stereocenters. The molecule has 4 heteroatoms. The molecule has 0 unspecified atom stereocenters. The smallest absolute Gasteiger partial charge is 0.343 e. The highest BCUT2D eigenvalue weighted by Gasteiger charge is 2.11. The van der Waals surface area contributed by atoms with Crippen molar-refractivity contribution < 1.29 is 14.9 Å². The first-order valence-corrected chi connectivity index (χ1v) is 2.99. The Balaban J connectivity index is 3.15. The summed E-state index contributed by atoms with van der Waals surface area (Å²) in [5.41, 5.74) is 0.0872. The van der Waals surface area contributed by atoms with Gasteiger partial charge in [0.1, 0.15) is 5.56 Å². The van der Waals surface area contributed by atoms with E-state index in [-0.39, 0.29) is 10.7 Å². The Hall–Kier alpha value is -1.09. The fraction of sp³-hybridized carbons (Fsp3) is 0. The van der Waals surface area contributed by atoms with Crippen LogP contribution in [0.2, 0.25) is 5.15 Å². The van der Waals surface area contributed by atoms with Gasteiger partial charge < -0.3 is 5.11 Å². The van der Waals surface area contributed by atoms with Crippen molar-refractivity contribution in [3.63, 3.8) is 0 Å². The molecule has 1 heterocycles. The van der Waals surface area contributed by atoms with Crippen LogP contribution in [0.1, 0.15) is 10.4 Å². The number of aromatic nitrogens is 1. The van der Waals surface area contributed by atoms with Gasteiger partial charge >= 0.3 is 5.97 Å². The predicted molar refractivity (Wildman–Crippen MR) is 35.0 cm³/mol. The molecule has 0 saturated carbocycles. The van der Waals surface area contributed by atoms with E-state index in [1.54, 1.807) is 12.3 Å². The number of aromatic carboxylic acids is 1. The Kier molecular flexibility index (Phi) is 1.87. The first kappa shape index (κ1) is 7.02. The molecule has 10 heavy (non-hydrogen) atoms. The Morgan fingerprint density at radius 3 is 2.80 bits per heavy atom. The number of nitrogens with one attached hydrogen (secondary N) is 1. The topological polar surface area (TPSA) is 51.4 Å². The largest absolute Gasteiger partial charge is 0.477 e. The van der Waals surface area contributed by atoms with Crippen molar-refractivity contribution >= 4 is 17.6 Å². The number of H-pyrrole nitrogens is 1. The summed E-state index contributed by atoms with van der Waals surface area (Å²) in [6.45, 7) is 0. The van der Waals surface area contributed by atoms with E-state index < -0.39 is 5.97 Å². The van der Waals surface area contributed by atoms with Gasteiger partial charge in [-0.1, -0.05) is 0 Å². The fourth-order valence-electron chi connectivity index (χ4n) is 0.582. The number of pyridine rings is 1. The maximum atomic E-state index is 10.3. The van der Waals surface area contributed by atoms with Crippen LogP contribution in [0.3, 0.4) is 0 Å². The molecular formula is C6H5ClNO2+. The van der Waals surface area contributed by atoms with Crippen molar-refractivity contribution in [2.45, 2.75) is 0 Å². The summed E-state index contributed by atoms with van der Waals surface area (Å²) in [6.07, 6.45) is 1.56. The highest BCUT2D eigenvalue weighted by atomic mass is 35.5. The van der Waals surface area contributed by atoms with Gasteiger partial charge in [-0.15, -0.1) is 0 Å². The lowest BCUT2D eigenvalue weighted by atomic mass is 10.3. The van der Waals surface area contributed by atoms with Crippen molar-refractivity contribution in [3.05, 3.63) is 29.0 Å². The third kappa shape index (κ3) is 1.25. The minimum atomic E-state index is -1.03. The number of halogens is 1. The standard InChI is InChI=1S/C6H4ClNO2/c7-5-4(6(9)10)2-1-3-8-5/h1-3H,(H,9,10)/p+1. The molecule has 0 aromatic carbocycles. The van der Waals surface area contributed by atoms with Crippen molar-refractivity contribution in [3.8, 4) is 0 Å². The molecule has 0 fully saturated rings. The van der Waals surface area contributed by atoms with Gasteiger partial charge in [0.05, 0.1) is 0 Å². The minimum absolute atomic E-state index is 0.0872. The fourth-order valence-corrected chi connectivity index (χ4v) is 0.789. The molecule has 3 nitrogen and oxygen atoms in total. The highest BCUT2D eigenvalue weighted by Crippen LogP contribution is 2.06. The zero-order valence-corrected chi connectivity index (χ0v) is 5.72. The Morgan fingerprint density at radius 2 is 2.40 bits per heavy atom. The number of aromatic amines is 1. The minimum Gasteiger partial charge on any atom is -0.477 e. The molecule has 0 bridgehead atoms. The lowest BCUT2D eigenvalue weighted by molar-refractivity contribution is -0.375. The summed E-state index contributed by atoms with van der Waals surface area (Å²) < 4.78 is 0. The average molecular weight is 159 g/mol. The molecule has 0 aliphatic rings. The van der Waals surface area contributed by atoms with E-state index in [1.807, 2.05) is 0 Å². The van der Waals surface area contributed by atoms with Crippen LogP contribution >= 0.6 is 11.6 Å². The molecule has 0 aliphatic carbocycles. The second-order valence-electron chi connectivity index (χ2n) is 1.70. The van der Waals surface area contributed by atoms with Crippen LogP contribution in [0.4, 0.5) is 0 Å². The normalized spacial score (nSPS) is 9.30. The van der Waals surface area contributed by atoms with Crippen molar-refractivity contribution in [1.82, 2.24) is 0 Å². The quantitative estimate of drug-likeness (QED) is 0.616. The van der Waals surface area contributed by atoms with E-state index in [1.165, 1.54) is 6.07 Å². The van der Waals surface area contributed by atoms with Gasteiger partial charge in [-0.25, -0.2) is 9.78 Å². The van der Waals surface area contributed by atoms with Gasteiger partial charge in [0, 0.05) is 6.07 Å². The molecule has 2 N–H and O–H groups in total. The highest BCUT2D eigenvalue weighted by molar-refractivity contribution is 6.31. The van der Waals surface area contributed by atoms with Crippen LogP contribution < -0.4 is 4.98 Å². The number of hydrogen-bond donors (Lipinski definition) is 1. The number of rotatable bonds is 1. The van der Waals surface area contributed by atoms with E-state index in [2.05, 4.69) is 4.98 Å². The molecule has 1 aromatic rings. The lowest BCUT2D eigenvalue weighted by Gasteiger charge is -1.87. The molecule has 1 rings (SSSR count). The second-order valence-corrected chi connectivity index (χ2v) is 2.08. The van der Waals surface area contributed by atoms with Gasteiger partial charge in [-0.3, -0.25) is 0 Å². The van der Waals surface area contributed by atoms with E-state index in [0.717, 1.165) is 0 Å². The molecule has 0 spiro atoms. The number of carboxylic acid groups (broad SMARTS) is 1. The summed E-state index contributed by atoms with van der Waals surface area (Å²) in [4.78, 5) is 12.9. The zero-order chi connectivity index (χ0) is 7.56. The third-order valence-corrected chi connectivity index (χ3v) is 1.35. The Morgan fingerprint density at radius 1 is 1.70 bits per heavy atom. The Bertz CT molecular complexity index is 262. The number of hydrogen-bond acceptors (Lipinski definition) is 1. The average Bonchev–Trinajstić information content (AvgIpc) is 1.88. The van der Waals surface area contributed by atoms with Crippen LogP contribution in [0.15, 0.2) is 18.3 Å². The summed E-state index contributed by atoms with van der Waals surface area (Å²) in [6, 6.07) is 3.01. The summed E-state index contributed by atoms with van der Waals surface area (Å²) in [5, 5.41) is 8.61. The van der Waals surface area contributed by atoms with Crippen molar-refractivity contribution in [2.75, 3.05) is 0 Å². The first-order valence-electron chi connectivity index (χ1n) is 2.61. The molecule has 0 saturated heterocycles. The Labute approximate surface area is 62.3 Å². The monoisotopic (exact) mass is 158 g/mol. The van der Waals surface area contributed by atoms with Crippen molar-refractivity contribution in [1.29, 1.82) is 0 Å². The van der Waals surface area contributed by atoms with Gasteiger partial charge in [0.15, 0.2) is 6.20 Å². The number of carbonyl (C=O) groups is 1. The van der Waals surface area contributed by atoms with Crippen LogP contribution in [-0.2, 0) is 0 Å². The molecule has 0 amide bonds. The SMILES string of the molecule is O=C(O)c1ccc[nH+]c1Cl. The van der Waals surface area contributed by atoms with Crippen LogP contribution in [0, 0.1) is 0 Å². The van der Waals surface area contributed by atoms with E-state index in [9.17, 15) is 4.79 Å². The molecule has 0 radical (unpaired) electrons. The summed E-state index contributed by atoms with van der Waals surface area (Å²) >= 11 is 5.48. The van der Waals surface area contributed by atoms with Crippen molar-refractivity contribution in [2.24, 2.45) is 0 Å².